The molecule has 7 heteroatoms. The highest BCUT2D eigenvalue weighted by atomic mass is 32.2. The third kappa shape index (κ3) is 2.88. The van der Waals surface area contributed by atoms with Crippen molar-refractivity contribution in [3.8, 4) is 10.8 Å². The summed E-state index contributed by atoms with van der Waals surface area (Å²) in [5, 5.41) is 10.0. The van der Waals surface area contributed by atoms with Crippen molar-refractivity contribution < 1.29 is 13.2 Å². The van der Waals surface area contributed by atoms with E-state index in [1.807, 2.05) is 17.5 Å². The molecule has 1 aromatic carbocycles. The average molecular weight is 310 g/mol. The third-order valence-electron chi connectivity index (χ3n) is 2.50. The van der Waals surface area contributed by atoms with Crippen molar-refractivity contribution in [2.45, 2.75) is 11.0 Å². The van der Waals surface area contributed by atoms with E-state index in [0.717, 1.165) is 17.0 Å². The van der Waals surface area contributed by atoms with Crippen molar-refractivity contribution in [2.75, 3.05) is 0 Å². The second-order valence-corrected chi connectivity index (χ2v) is 5.75. The lowest BCUT2D eigenvalue weighted by Gasteiger charge is -2.00. The van der Waals surface area contributed by atoms with Crippen molar-refractivity contribution >= 4 is 23.1 Å². The molecule has 0 unspecified atom stereocenters. The first-order chi connectivity index (χ1) is 9.72. The van der Waals surface area contributed by atoms with Crippen LogP contribution in [0.5, 0.6) is 0 Å². The Morgan fingerprint density at radius 2 is 2.10 bits per heavy atom. The molecule has 2 heterocycles. The van der Waals surface area contributed by atoms with Crippen LogP contribution in [0.15, 0.2) is 45.4 Å². The number of nitrogens with zero attached hydrogens (tertiary/aromatic N) is 2. The minimum atomic E-state index is -0.466. The second kappa shape index (κ2) is 5.72. The number of aromatic nitrogens is 2. The fraction of sp³-hybridized carbons (Fsp3) is 0.0769. The lowest BCUT2D eigenvalue weighted by atomic mass is 10.2. The molecule has 3 aromatic rings. The zero-order valence-corrected chi connectivity index (χ0v) is 11.7. The van der Waals surface area contributed by atoms with Crippen LogP contribution in [0.1, 0.15) is 5.56 Å². The van der Waals surface area contributed by atoms with Gasteiger partial charge in [0.1, 0.15) is 11.6 Å². The Kier molecular flexibility index (Phi) is 3.79. The van der Waals surface area contributed by atoms with Crippen LogP contribution < -0.4 is 0 Å². The fourth-order valence-electron chi connectivity index (χ4n) is 1.56. The second-order valence-electron chi connectivity index (χ2n) is 3.87. The molecule has 0 fully saturated rings. The first-order valence-electron chi connectivity index (χ1n) is 5.66. The summed E-state index contributed by atoms with van der Waals surface area (Å²) in [6, 6.07) is 7.12. The van der Waals surface area contributed by atoms with Gasteiger partial charge in [0.2, 0.25) is 0 Å². The van der Waals surface area contributed by atoms with Crippen molar-refractivity contribution in [1.29, 1.82) is 0 Å². The summed E-state index contributed by atoms with van der Waals surface area (Å²) >= 11 is 2.67. The molecular formula is C13H8F2N2OS2. The number of hydrogen-bond donors (Lipinski definition) is 0. The number of rotatable bonds is 4. The predicted octanol–water partition coefficient (Wildman–Crippen LogP) is 4.37. The van der Waals surface area contributed by atoms with Crippen molar-refractivity contribution in [1.82, 2.24) is 10.2 Å². The summed E-state index contributed by atoms with van der Waals surface area (Å²) in [6.07, 6.45) is 0. The number of halogens is 2. The lowest BCUT2D eigenvalue weighted by molar-refractivity contribution is 0.466. The molecule has 0 atom stereocenters. The minimum Gasteiger partial charge on any atom is -0.410 e. The van der Waals surface area contributed by atoms with E-state index in [2.05, 4.69) is 10.2 Å². The van der Waals surface area contributed by atoms with Gasteiger partial charge in [0.25, 0.3) is 11.1 Å². The highest BCUT2D eigenvalue weighted by molar-refractivity contribution is 7.98. The molecular weight excluding hydrogens is 302 g/mol. The molecule has 0 spiro atoms. The molecule has 3 nitrogen and oxygen atoms in total. The molecule has 0 aliphatic rings. The summed E-state index contributed by atoms with van der Waals surface area (Å²) in [6.45, 7) is 0. The van der Waals surface area contributed by atoms with E-state index in [-0.39, 0.29) is 11.3 Å². The molecule has 0 radical (unpaired) electrons. The van der Waals surface area contributed by atoms with Gasteiger partial charge in [-0.25, -0.2) is 8.78 Å². The van der Waals surface area contributed by atoms with Crippen LogP contribution in [0.25, 0.3) is 10.8 Å². The van der Waals surface area contributed by atoms with Crippen LogP contribution in [0.4, 0.5) is 8.78 Å². The Hall–Kier alpha value is -1.73. The van der Waals surface area contributed by atoms with Crippen molar-refractivity contribution in [3.05, 3.63) is 52.9 Å². The highest BCUT2D eigenvalue weighted by Crippen LogP contribution is 2.28. The average Bonchev–Trinajstić information content (AvgIpc) is 3.09. The van der Waals surface area contributed by atoms with Gasteiger partial charge in [0.05, 0.1) is 4.88 Å². The molecule has 3 rings (SSSR count). The Morgan fingerprint density at radius 3 is 2.90 bits per heavy atom. The van der Waals surface area contributed by atoms with Crippen LogP contribution >= 0.6 is 23.1 Å². The van der Waals surface area contributed by atoms with E-state index in [9.17, 15) is 8.78 Å². The molecule has 0 saturated heterocycles. The summed E-state index contributed by atoms with van der Waals surface area (Å²) in [5.41, 5.74) is 0.269. The van der Waals surface area contributed by atoms with Crippen molar-refractivity contribution in [3.63, 3.8) is 0 Å². The Labute approximate surface area is 121 Å². The molecule has 20 heavy (non-hydrogen) atoms. The monoisotopic (exact) mass is 310 g/mol. The lowest BCUT2D eigenvalue weighted by Crippen LogP contribution is -1.89. The van der Waals surface area contributed by atoms with E-state index in [0.29, 0.717) is 11.1 Å². The van der Waals surface area contributed by atoms with E-state index in [1.54, 1.807) is 0 Å². The maximum Gasteiger partial charge on any atom is 0.277 e. The molecule has 0 aliphatic carbocycles. The van der Waals surface area contributed by atoms with E-state index < -0.39 is 11.6 Å². The van der Waals surface area contributed by atoms with E-state index in [1.165, 1.54) is 29.2 Å². The van der Waals surface area contributed by atoms with Gasteiger partial charge in [0.15, 0.2) is 0 Å². The number of benzene rings is 1. The SMILES string of the molecule is Fc1ccc(F)c(CSc2nnc(-c3cccs3)o2)c1. The maximum atomic E-state index is 13.5. The first kappa shape index (κ1) is 13.3. The van der Waals surface area contributed by atoms with Gasteiger partial charge in [-0.05, 0) is 29.6 Å². The standard InChI is InChI=1S/C13H8F2N2OS2/c14-9-3-4-10(15)8(6-9)7-20-13-17-16-12(18-13)11-2-1-5-19-11/h1-6H,7H2. The fourth-order valence-corrected chi connectivity index (χ4v) is 2.94. The van der Waals surface area contributed by atoms with Gasteiger partial charge in [0, 0.05) is 11.3 Å². The van der Waals surface area contributed by atoms with Gasteiger partial charge < -0.3 is 4.42 Å². The Balaban J connectivity index is 1.71. The molecule has 0 aliphatic heterocycles. The zero-order chi connectivity index (χ0) is 13.9. The van der Waals surface area contributed by atoms with Crippen LogP contribution in [0.3, 0.4) is 0 Å². The van der Waals surface area contributed by atoms with Gasteiger partial charge >= 0.3 is 0 Å². The quantitative estimate of drug-likeness (QED) is 0.671. The van der Waals surface area contributed by atoms with Gasteiger partial charge in [-0.2, -0.15) is 0 Å². The van der Waals surface area contributed by atoms with E-state index >= 15 is 0 Å². The zero-order valence-electron chi connectivity index (χ0n) is 10.0. The van der Waals surface area contributed by atoms with Crippen LogP contribution in [0.2, 0.25) is 0 Å². The topological polar surface area (TPSA) is 38.9 Å². The molecule has 0 N–H and O–H groups in total. The summed E-state index contributed by atoms with van der Waals surface area (Å²) in [7, 11) is 0. The third-order valence-corrected chi connectivity index (χ3v) is 4.22. The van der Waals surface area contributed by atoms with Crippen LogP contribution in [-0.4, -0.2) is 10.2 Å². The van der Waals surface area contributed by atoms with Crippen LogP contribution in [0, 0.1) is 11.6 Å². The normalized spacial score (nSPS) is 10.9. The van der Waals surface area contributed by atoms with Gasteiger partial charge in [-0.1, -0.05) is 17.8 Å². The summed E-state index contributed by atoms with van der Waals surface area (Å²) in [5.74, 6) is -0.249. The molecule has 0 saturated carbocycles. The van der Waals surface area contributed by atoms with Gasteiger partial charge in [-0.15, -0.1) is 21.5 Å². The molecule has 0 bridgehead atoms. The smallest absolute Gasteiger partial charge is 0.277 e. The highest BCUT2D eigenvalue weighted by Gasteiger charge is 2.11. The van der Waals surface area contributed by atoms with E-state index in [4.69, 9.17) is 4.42 Å². The molecule has 102 valence electrons. The van der Waals surface area contributed by atoms with Crippen LogP contribution in [-0.2, 0) is 5.75 Å². The first-order valence-corrected chi connectivity index (χ1v) is 7.53. The van der Waals surface area contributed by atoms with Crippen molar-refractivity contribution in [2.24, 2.45) is 0 Å². The predicted molar refractivity (Wildman–Crippen MR) is 73.5 cm³/mol. The molecule has 2 aromatic heterocycles. The maximum absolute atomic E-state index is 13.5. The largest absolute Gasteiger partial charge is 0.410 e. The van der Waals surface area contributed by atoms with Gasteiger partial charge in [-0.3, -0.25) is 0 Å². The number of thiophene rings is 1. The minimum absolute atomic E-state index is 0.232. The number of hydrogen-bond acceptors (Lipinski definition) is 5. The summed E-state index contributed by atoms with van der Waals surface area (Å²) < 4.78 is 31.9. The number of thioether (sulfide) groups is 1. The molecule has 0 amide bonds. The summed E-state index contributed by atoms with van der Waals surface area (Å²) in [4.78, 5) is 0.876. The Bertz CT molecular complexity index is 713. The Morgan fingerprint density at radius 1 is 1.20 bits per heavy atom.